The van der Waals surface area contributed by atoms with Crippen LogP contribution in [0.25, 0.3) is 0 Å². The number of nitrogens with one attached hydrogen (secondary N) is 1. The van der Waals surface area contributed by atoms with Gasteiger partial charge in [-0.15, -0.1) is 0 Å². The Morgan fingerprint density at radius 2 is 2.16 bits per heavy atom. The van der Waals surface area contributed by atoms with E-state index in [0.29, 0.717) is 12.1 Å². The number of aryl methyl sites for hydroxylation is 1. The third kappa shape index (κ3) is 4.30. The molecule has 1 aliphatic rings. The average molecular weight is 325 g/mol. The van der Waals surface area contributed by atoms with Crippen LogP contribution in [0.4, 0.5) is 0 Å². The highest BCUT2D eigenvalue weighted by molar-refractivity contribution is 9.10. The van der Waals surface area contributed by atoms with Crippen LogP contribution in [0.15, 0.2) is 22.7 Å². The van der Waals surface area contributed by atoms with Gasteiger partial charge in [0.2, 0.25) is 0 Å². The second-order valence-electron chi connectivity index (χ2n) is 5.88. The van der Waals surface area contributed by atoms with Crippen LogP contribution >= 0.6 is 15.9 Å². The minimum atomic E-state index is 0.631. The normalized spacial score (nSPS) is 18.9. The van der Waals surface area contributed by atoms with Crippen LogP contribution < -0.4 is 5.32 Å². The van der Waals surface area contributed by atoms with Crippen molar-refractivity contribution in [2.24, 2.45) is 0 Å². The molecule has 0 aromatic heterocycles. The minimum Gasteiger partial charge on any atom is -0.312 e. The van der Waals surface area contributed by atoms with Crippen molar-refractivity contribution in [3.05, 3.63) is 33.8 Å². The van der Waals surface area contributed by atoms with Crippen LogP contribution in [0.1, 0.15) is 31.4 Å². The Morgan fingerprint density at radius 3 is 2.89 bits per heavy atom. The Labute approximate surface area is 125 Å². The number of benzene rings is 1. The number of hydrogen-bond donors (Lipinski definition) is 1. The Morgan fingerprint density at radius 1 is 1.37 bits per heavy atom. The lowest BCUT2D eigenvalue weighted by Crippen LogP contribution is -2.40. The molecule has 19 heavy (non-hydrogen) atoms. The van der Waals surface area contributed by atoms with Crippen molar-refractivity contribution in [3.8, 4) is 0 Å². The molecule has 2 rings (SSSR count). The Balaban J connectivity index is 1.80. The number of nitrogens with zero attached hydrogens (tertiary/aromatic N) is 1. The molecular weight excluding hydrogens is 300 g/mol. The van der Waals surface area contributed by atoms with E-state index in [0.717, 1.165) is 13.1 Å². The van der Waals surface area contributed by atoms with Crippen LogP contribution in [0.2, 0.25) is 0 Å². The van der Waals surface area contributed by atoms with Gasteiger partial charge < -0.3 is 10.2 Å². The summed E-state index contributed by atoms with van der Waals surface area (Å²) >= 11 is 3.56. The quantitative estimate of drug-likeness (QED) is 0.894. The van der Waals surface area contributed by atoms with E-state index in [1.165, 1.54) is 34.9 Å². The zero-order valence-corrected chi connectivity index (χ0v) is 13.8. The number of fused-ring (bicyclic) bond motifs is 1. The molecular formula is C16H25BrN2. The summed E-state index contributed by atoms with van der Waals surface area (Å²) < 4.78 is 1.20. The molecule has 1 aliphatic carbocycles. The fourth-order valence-electron chi connectivity index (χ4n) is 2.60. The van der Waals surface area contributed by atoms with E-state index >= 15 is 0 Å². The summed E-state index contributed by atoms with van der Waals surface area (Å²) in [5.41, 5.74) is 3.04. The van der Waals surface area contributed by atoms with Crippen molar-refractivity contribution in [2.75, 3.05) is 20.1 Å². The molecule has 0 saturated heterocycles. The molecule has 1 N–H and O–H groups in total. The van der Waals surface area contributed by atoms with Gasteiger partial charge in [-0.2, -0.15) is 0 Å². The summed E-state index contributed by atoms with van der Waals surface area (Å²) in [7, 11) is 2.19. The van der Waals surface area contributed by atoms with Crippen molar-refractivity contribution in [2.45, 2.75) is 45.2 Å². The van der Waals surface area contributed by atoms with Gasteiger partial charge >= 0.3 is 0 Å². The third-order valence-corrected chi connectivity index (χ3v) is 4.67. The SMILES string of the molecule is CC(C)N(C)CCNC1CCc2cc(Br)ccc2C1. The predicted molar refractivity (Wildman–Crippen MR) is 85.7 cm³/mol. The molecule has 3 heteroatoms. The molecule has 106 valence electrons. The van der Waals surface area contributed by atoms with Crippen molar-refractivity contribution in [1.29, 1.82) is 0 Å². The highest BCUT2D eigenvalue weighted by Gasteiger charge is 2.18. The second kappa shape index (κ2) is 6.87. The van der Waals surface area contributed by atoms with Crippen LogP contribution in [0.5, 0.6) is 0 Å². The van der Waals surface area contributed by atoms with Gasteiger partial charge in [0, 0.05) is 29.6 Å². The summed E-state index contributed by atoms with van der Waals surface area (Å²) in [6, 6.07) is 7.99. The molecule has 0 radical (unpaired) electrons. The number of likely N-dealkylation sites (N-methyl/N-ethyl adjacent to an activating group) is 1. The highest BCUT2D eigenvalue weighted by atomic mass is 79.9. The molecule has 1 aromatic carbocycles. The lowest BCUT2D eigenvalue weighted by molar-refractivity contribution is 0.266. The first-order chi connectivity index (χ1) is 9.06. The predicted octanol–water partition coefficient (Wildman–Crippen LogP) is 3.24. The fourth-order valence-corrected chi connectivity index (χ4v) is 3.01. The molecule has 0 aliphatic heterocycles. The van der Waals surface area contributed by atoms with Crippen molar-refractivity contribution in [3.63, 3.8) is 0 Å². The zero-order valence-electron chi connectivity index (χ0n) is 12.2. The van der Waals surface area contributed by atoms with Crippen LogP contribution in [0, 0.1) is 0 Å². The average Bonchev–Trinajstić information content (AvgIpc) is 2.38. The van der Waals surface area contributed by atoms with E-state index in [1.54, 1.807) is 0 Å². The van der Waals surface area contributed by atoms with E-state index in [1.807, 2.05) is 0 Å². The van der Waals surface area contributed by atoms with Gasteiger partial charge in [0.25, 0.3) is 0 Å². The van der Waals surface area contributed by atoms with E-state index in [-0.39, 0.29) is 0 Å². The molecule has 1 aromatic rings. The maximum Gasteiger partial charge on any atom is 0.0178 e. The molecule has 0 spiro atoms. The molecule has 2 nitrogen and oxygen atoms in total. The molecule has 0 bridgehead atoms. The van der Waals surface area contributed by atoms with Crippen LogP contribution in [-0.4, -0.2) is 37.1 Å². The van der Waals surface area contributed by atoms with E-state index in [9.17, 15) is 0 Å². The fraction of sp³-hybridized carbons (Fsp3) is 0.625. The molecule has 0 heterocycles. The molecule has 0 amide bonds. The number of rotatable bonds is 5. The maximum absolute atomic E-state index is 3.71. The van der Waals surface area contributed by atoms with Gasteiger partial charge in [0.05, 0.1) is 0 Å². The Hall–Kier alpha value is -0.380. The van der Waals surface area contributed by atoms with Crippen molar-refractivity contribution in [1.82, 2.24) is 10.2 Å². The molecule has 0 saturated carbocycles. The van der Waals surface area contributed by atoms with E-state index < -0.39 is 0 Å². The first-order valence-corrected chi connectivity index (χ1v) is 8.06. The first-order valence-electron chi connectivity index (χ1n) is 7.27. The summed E-state index contributed by atoms with van der Waals surface area (Å²) in [6.45, 7) is 6.70. The highest BCUT2D eigenvalue weighted by Crippen LogP contribution is 2.24. The number of halogens is 1. The maximum atomic E-state index is 3.71. The largest absolute Gasteiger partial charge is 0.312 e. The smallest absolute Gasteiger partial charge is 0.0178 e. The van der Waals surface area contributed by atoms with Crippen LogP contribution in [0.3, 0.4) is 0 Å². The first kappa shape index (κ1) is 15.0. The lowest BCUT2D eigenvalue weighted by Gasteiger charge is -2.27. The Bertz CT molecular complexity index is 417. The molecule has 1 atom stereocenters. The molecule has 1 unspecified atom stereocenters. The summed E-state index contributed by atoms with van der Waals surface area (Å²) in [5, 5.41) is 3.71. The van der Waals surface area contributed by atoms with Gasteiger partial charge in [0.15, 0.2) is 0 Å². The second-order valence-corrected chi connectivity index (χ2v) is 6.80. The van der Waals surface area contributed by atoms with E-state index in [4.69, 9.17) is 0 Å². The Kier molecular flexibility index (Phi) is 5.43. The topological polar surface area (TPSA) is 15.3 Å². The van der Waals surface area contributed by atoms with Crippen molar-refractivity contribution >= 4 is 15.9 Å². The lowest BCUT2D eigenvalue weighted by atomic mass is 9.88. The zero-order chi connectivity index (χ0) is 13.8. The van der Waals surface area contributed by atoms with Gasteiger partial charge in [-0.3, -0.25) is 0 Å². The van der Waals surface area contributed by atoms with Gasteiger partial charge in [-0.25, -0.2) is 0 Å². The van der Waals surface area contributed by atoms with Crippen LogP contribution in [-0.2, 0) is 12.8 Å². The minimum absolute atomic E-state index is 0.631. The van der Waals surface area contributed by atoms with Gasteiger partial charge in [-0.1, -0.05) is 22.0 Å². The summed E-state index contributed by atoms with van der Waals surface area (Å²) in [5.74, 6) is 0. The van der Waals surface area contributed by atoms with Gasteiger partial charge in [-0.05, 0) is 63.4 Å². The van der Waals surface area contributed by atoms with Crippen molar-refractivity contribution < 1.29 is 0 Å². The standard InChI is InChI=1S/C16H25BrN2/c1-12(2)19(3)9-8-18-16-7-5-13-10-15(17)6-4-14(13)11-16/h4,6,10,12,16,18H,5,7-9,11H2,1-3H3. The summed E-state index contributed by atoms with van der Waals surface area (Å²) in [4.78, 5) is 2.39. The third-order valence-electron chi connectivity index (χ3n) is 4.18. The summed E-state index contributed by atoms with van der Waals surface area (Å²) in [6.07, 6.45) is 3.63. The van der Waals surface area contributed by atoms with Gasteiger partial charge in [0.1, 0.15) is 0 Å². The number of hydrogen-bond acceptors (Lipinski definition) is 2. The molecule has 0 fully saturated rings. The van der Waals surface area contributed by atoms with E-state index in [2.05, 4.69) is 65.2 Å². The monoisotopic (exact) mass is 324 g/mol.